The van der Waals surface area contributed by atoms with Gasteiger partial charge in [0, 0.05) is 0 Å². The molecule has 0 aliphatic carbocycles. The summed E-state index contributed by atoms with van der Waals surface area (Å²) >= 11 is 0. The molecule has 2 N–H and O–H groups in total. The molecular weight excluding hydrogens is 208 g/mol. The lowest BCUT2D eigenvalue weighted by Crippen LogP contribution is -2.15. The van der Waals surface area contributed by atoms with Crippen molar-refractivity contribution >= 4 is 11.9 Å². The fourth-order valence-corrected chi connectivity index (χ4v) is 1.33. The van der Waals surface area contributed by atoms with Crippen molar-refractivity contribution < 1.29 is 19.8 Å². The Morgan fingerprint density at radius 3 is 2.31 bits per heavy atom. The maximum Gasteiger partial charge on any atom is 0.310 e. The second-order valence-electron chi connectivity index (χ2n) is 4.30. The first-order valence-corrected chi connectivity index (χ1v) is 5.54. The number of carbonyl (C=O) groups is 2. The largest absolute Gasteiger partial charge is 0.481 e. The van der Waals surface area contributed by atoms with Gasteiger partial charge in [-0.3, -0.25) is 9.59 Å². The molecule has 0 bridgehead atoms. The Morgan fingerprint density at radius 1 is 1.25 bits per heavy atom. The summed E-state index contributed by atoms with van der Waals surface area (Å²) in [4.78, 5) is 21.1. The van der Waals surface area contributed by atoms with Crippen molar-refractivity contribution in [2.24, 2.45) is 11.8 Å². The van der Waals surface area contributed by atoms with E-state index in [4.69, 9.17) is 10.2 Å². The van der Waals surface area contributed by atoms with Gasteiger partial charge in [0.2, 0.25) is 0 Å². The van der Waals surface area contributed by atoms with Crippen LogP contribution in [0.1, 0.15) is 39.5 Å². The zero-order chi connectivity index (χ0) is 12.6. The molecule has 92 valence electrons. The minimum atomic E-state index is -1.08. The van der Waals surface area contributed by atoms with E-state index in [0.29, 0.717) is 5.92 Å². The Balaban J connectivity index is 3.94. The van der Waals surface area contributed by atoms with E-state index in [0.717, 1.165) is 19.3 Å². The van der Waals surface area contributed by atoms with Gasteiger partial charge >= 0.3 is 11.9 Å². The van der Waals surface area contributed by atoms with Crippen LogP contribution in [0.4, 0.5) is 0 Å². The van der Waals surface area contributed by atoms with E-state index < -0.39 is 17.9 Å². The third-order valence-electron chi connectivity index (χ3n) is 2.23. The summed E-state index contributed by atoms with van der Waals surface area (Å²) in [5.41, 5.74) is 0. The third kappa shape index (κ3) is 8.03. The van der Waals surface area contributed by atoms with Gasteiger partial charge in [0.25, 0.3) is 0 Å². The van der Waals surface area contributed by atoms with Crippen molar-refractivity contribution in [3.63, 3.8) is 0 Å². The molecule has 0 saturated carbocycles. The van der Waals surface area contributed by atoms with E-state index in [2.05, 4.69) is 13.8 Å². The van der Waals surface area contributed by atoms with Crippen molar-refractivity contribution in [2.45, 2.75) is 39.5 Å². The van der Waals surface area contributed by atoms with Crippen LogP contribution >= 0.6 is 0 Å². The Labute approximate surface area is 96.0 Å². The third-order valence-corrected chi connectivity index (χ3v) is 2.23. The summed E-state index contributed by atoms with van der Waals surface area (Å²) in [6.07, 6.45) is 5.81. The number of hydrogen-bond acceptors (Lipinski definition) is 2. The van der Waals surface area contributed by atoms with Crippen molar-refractivity contribution in [1.82, 2.24) is 0 Å². The number of unbranched alkanes of at least 4 members (excludes halogenated alkanes) is 1. The highest BCUT2D eigenvalue weighted by molar-refractivity contribution is 5.79. The first-order valence-electron chi connectivity index (χ1n) is 5.54. The average molecular weight is 228 g/mol. The summed E-state index contributed by atoms with van der Waals surface area (Å²) in [6, 6.07) is 0. The Bertz CT molecular complexity index is 256. The zero-order valence-electron chi connectivity index (χ0n) is 9.85. The molecule has 0 saturated heterocycles. The van der Waals surface area contributed by atoms with Gasteiger partial charge in [-0.25, -0.2) is 0 Å². The van der Waals surface area contributed by atoms with Crippen molar-refractivity contribution in [3.05, 3.63) is 12.2 Å². The molecule has 0 fully saturated rings. The summed E-state index contributed by atoms with van der Waals surface area (Å²) in [7, 11) is 0. The number of carboxylic acids is 2. The summed E-state index contributed by atoms with van der Waals surface area (Å²) in [5, 5.41) is 17.3. The molecule has 4 heteroatoms. The monoisotopic (exact) mass is 228 g/mol. The second kappa shape index (κ2) is 7.91. The van der Waals surface area contributed by atoms with Crippen LogP contribution in [0.5, 0.6) is 0 Å². The summed E-state index contributed by atoms with van der Waals surface area (Å²) < 4.78 is 0. The smallest absolute Gasteiger partial charge is 0.310 e. The van der Waals surface area contributed by atoms with Gasteiger partial charge in [-0.15, -0.1) is 0 Å². The highest BCUT2D eigenvalue weighted by Crippen LogP contribution is 2.10. The number of rotatable bonds is 8. The van der Waals surface area contributed by atoms with Gasteiger partial charge in [-0.1, -0.05) is 32.4 Å². The predicted octanol–water partition coefficient (Wildman–Crippen LogP) is 2.54. The zero-order valence-corrected chi connectivity index (χ0v) is 9.85. The van der Waals surface area contributed by atoms with Gasteiger partial charge in [0.1, 0.15) is 0 Å². The normalized spacial score (nSPS) is 13.2. The molecular formula is C12H20O4. The van der Waals surface area contributed by atoms with E-state index in [1.807, 2.05) is 0 Å². The molecule has 0 aromatic carbocycles. The quantitative estimate of drug-likeness (QED) is 0.494. The first kappa shape index (κ1) is 14.7. The highest BCUT2D eigenvalue weighted by Gasteiger charge is 2.17. The number of allylic oxidation sites excluding steroid dienone is 1. The van der Waals surface area contributed by atoms with Crippen LogP contribution in [0, 0.1) is 11.8 Å². The molecule has 1 atom stereocenters. The van der Waals surface area contributed by atoms with Crippen molar-refractivity contribution in [1.29, 1.82) is 0 Å². The SMILES string of the molecule is CC(C)CCCC=CC(CC(=O)O)C(=O)O. The summed E-state index contributed by atoms with van der Waals surface area (Å²) in [5.74, 6) is -2.43. The standard InChI is InChI=1S/C12H20O4/c1-9(2)6-4-3-5-7-10(12(15)16)8-11(13)14/h5,7,9-10H,3-4,6,8H2,1-2H3,(H,13,14)(H,15,16). The van der Waals surface area contributed by atoms with Crippen molar-refractivity contribution in [2.75, 3.05) is 0 Å². The van der Waals surface area contributed by atoms with Gasteiger partial charge < -0.3 is 10.2 Å². The minimum absolute atomic E-state index is 0.351. The van der Waals surface area contributed by atoms with Crippen LogP contribution < -0.4 is 0 Å². The first-order chi connectivity index (χ1) is 7.43. The fourth-order valence-electron chi connectivity index (χ4n) is 1.33. The molecule has 0 rings (SSSR count). The van der Waals surface area contributed by atoms with Crippen LogP contribution in [-0.4, -0.2) is 22.2 Å². The molecule has 0 heterocycles. The number of hydrogen-bond donors (Lipinski definition) is 2. The minimum Gasteiger partial charge on any atom is -0.481 e. The molecule has 0 aromatic heterocycles. The molecule has 0 aromatic rings. The summed E-state index contributed by atoms with van der Waals surface area (Å²) in [6.45, 7) is 4.27. The van der Waals surface area contributed by atoms with E-state index in [-0.39, 0.29) is 6.42 Å². The van der Waals surface area contributed by atoms with Crippen LogP contribution in [0.15, 0.2) is 12.2 Å². The van der Waals surface area contributed by atoms with E-state index >= 15 is 0 Å². The lowest BCUT2D eigenvalue weighted by atomic mass is 10.0. The van der Waals surface area contributed by atoms with Crippen molar-refractivity contribution in [3.8, 4) is 0 Å². The van der Waals surface area contributed by atoms with Crippen LogP contribution in [0.3, 0.4) is 0 Å². The van der Waals surface area contributed by atoms with Crippen LogP contribution in [0.25, 0.3) is 0 Å². The molecule has 0 aliphatic rings. The van der Waals surface area contributed by atoms with E-state index in [9.17, 15) is 9.59 Å². The van der Waals surface area contributed by atoms with Crippen LogP contribution in [-0.2, 0) is 9.59 Å². The Hall–Kier alpha value is -1.32. The lowest BCUT2D eigenvalue weighted by molar-refractivity contribution is -0.146. The predicted molar refractivity (Wildman–Crippen MR) is 61.2 cm³/mol. The van der Waals surface area contributed by atoms with E-state index in [1.165, 1.54) is 6.08 Å². The molecule has 0 amide bonds. The topological polar surface area (TPSA) is 74.6 Å². The van der Waals surface area contributed by atoms with E-state index in [1.54, 1.807) is 6.08 Å². The number of aliphatic carboxylic acids is 2. The molecule has 0 spiro atoms. The molecule has 0 aliphatic heterocycles. The van der Waals surface area contributed by atoms with Gasteiger partial charge in [0.05, 0.1) is 12.3 Å². The maximum atomic E-state index is 10.7. The number of carboxylic acid groups (broad SMARTS) is 2. The fraction of sp³-hybridized carbons (Fsp3) is 0.667. The Kier molecular flexibility index (Phi) is 7.25. The maximum absolute atomic E-state index is 10.7. The van der Waals surface area contributed by atoms with Crippen LogP contribution in [0.2, 0.25) is 0 Å². The van der Waals surface area contributed by atoms with Gasteiger partial charge in [-0.2, -0.15) is 0 Å². The van der Waals surface area contributed by atoms with Gasteiger partial charge in [-0.05, 0) is 18.8 Å². The molecule has 0 radical (unpaired) electrons. The molecule has 1 unspecified atom stereocenters. The molecule has 16 heavy (non-hydrogen) atoms. The second-order valence-corrected chi connectivity index (χ2v) is 4.30. The highest BCUT2D eigenvalue weighted by atomic mass is 16.4. The average Bonchev–Trinajstić information content (AvgIpc) is 2.14. The Morgan fingerprint density at radius 2 is 1.88 bits per heavy atom. The van der Waals surface area contributed by atoms with Gasteiger partial charge in [0.15, 0.2) is 0 Å². The molecule has 4 nitrogen and oxygen atoms in total. The lowest BCUT2D eigenvalue weighted by Gasteiger charge is -2.04.